The van der Waals surface area contributed by atoms with Crippen LogP contribution in [0.5, 0.6) is 11.5 Å². The zero-order valence-corrected chi connectivity index (χ0v) is 11.2. The van der Waals surface area contributed by atoms with Gasteiger partial charge in [-0.2, -0.15) is 10.5 Å². The van der Waals surface area contributed by atoms with Crippen LogP contribution in [0.3, 0.4) is 0 Å². The Kier molecular flexibility index (Phi) is 3.41. The van der Waals surface area contributed by atoms with E-state index in [1.165, 1.54) is 24.5 Å². The van der Waals surface area contributed by atoms with Gasteiger partial charge in [0.25, 0.3) is 0 Å². The van der Waals surface area contributed by atoms with Gasteiger partial charge in [0.15, 0.2) is 11.5 Å². The molecule has 0 spiro atoms. The first-order valence-corrected chi connectivity index (χ1v) is 6.25. The van der Waals surface area contributed by atoms with Crippen molar-refractivity contribution in [3.63, 3.8) is 0 Å². The Bertz CT molecular complexity index is 720. The minimum absolute atomic E-state index is 0.0674. The molecule has 0 atom stereocenters. The number of nitrogens with zero attached hydrogens (tertiary/aromatic N) is 2. The normalized spacial score (nSPS) is 9.68. The predicted octanol–water partition coefficient (Wildman–Crippen LogP) is 3.18. The van der Waals surface area contributed by atoms with Gasteiger partial charge in [-0.05, 0) is 19.1 Å². The molecule has 0 bridgehead atoms. The topological polar surface area (TPSA) is 77.0 Å². The van der Waals surface area contributed by atoms with Gasteiger partial charge in [0.2, 0.25) is 0 Å². The molecule has 2 rings (SSSR count). The maximum Gasteiger partial charge on any atom is 0.176 e. The molecule has 1 N–H and O–H groups in total. The van der Waals surface area contributed by atoms with E-state index < -0.39 is 0 Å². The second-order valence-electron chi connectivity index (χ2n) is 3.86. The summed E-state index contributed by atoms with van der Waals surface area (Å²) in [6.07, 6.45) is 0. The lowest BCUT2D eigenvalue weighted by Crippen LogP contribution is -1.93. The lowest BCUT2D eigenvalue weighted by Gasteiger charge is -2.10. The van der Waals surface area contributed by atoms with Crippen molar-refractivity contribution in [2.75, 3.05) is 7.11 Å². The van der Waals surface area contributed by atoms with Crippen LogP contribution in [0.1, 0.15) is 16.0 Å². The zero-order chi connectivity index (χ0) is 14.0. The maximum atomic E-state index is 10.0. The monoisotopic (exact) mass is 270 g/mol. The summed E-state index contributed by atoms with van der Waals surface area (Å²) in [6.45, 7) is 1.94. The van der Waals surface area contributed by atoms with Crippen LogP contribution in [0, 0.1) is 29.6 Å². The van der Waals surface area contributed by atoms with E-state index >= 15 is 0 Å². The van der Waals surface area contributed by atoms with Gasteiger partial charge in [-0.1, -0.05) is 0 Å². The smallest absolute Gasteiger partial charge is 0.176 e. The molecule has 19 heavy (non-hydrogen) atoms. The molecule has 4 nitrogen and oxygen atoms in total. The predicted molar refractivity (Wildman–Crippen MR) is 72.1 cm³/mol. The summed E-state index contributed by atoms with van der Waals surface area (Å²) >= 11 is 1.47. The lowest BCUT2D eigenvalue weighted by molar-refractivity contribution is 0.373. The van der Waals surface area contributed by atoms with E-state index in [-0.39, 0.29) is 17.1 Å². The Balaban J connectivity index is 2.83. The van der Waals surface area contributed by atoms with Gasteiger partial charge >= 0.3 is 0 Å². The zero-order valence-electron chi connectivity index (χ0n) is 10.4. The second-order valence-corrected chi connectivity index (χ2v) is 5.15. The Morgan fingerprint density at radius 3 is 2.47 bits per heavy atom. The highest BCUT2D eigenvalue weighted by Gasteiger charge is 2.20. The highest BCUT2D eigenvalue weighted by atomic mass is 32.1. The molecule has 0 saturated carbocycles. The molecular weight excluding hydrogens is 260 g/mol. The number of ether oxygens (including phenoxy) is 1. The number of phenolic OH excluding ortho intramolecular Hbond substituents is 1. The number of aromatic hydroxyl groups is 1. The first kappa shape index (κ1) is 12.9. The first-order valence-electron chi connectivity index (χ1n) is 5.43. The fourth-order valence-electron chi connectivity index (χ4n) is 1.83. The number of rotatable bonds is 2. The number of methoxy groups -OCH3 is 1. The molecule has 5 heteroatoms. The fraction of sp³-hybridized carbons (Fsp3) is 0.143. The van der Waals surface area contributed by atoms with E-state index in [1.807, 2.05) is 31.2 Å². The van der Waals surface area contributed by atoms with Gasteiger partial charge in [0.05, 0.1) is 18.7 Å². The number of hydrogen-bond acceptors (Lipinski definition) is 5. The van der Waals surface area contributed by atoms with E-state index in [1.54, 1.807) is 0 Å². The highest BCUT2D eigenvalue weighted by Crippen LogP contribution is 2.41. The van der Waals surface area contributed by atoms with Crippen LogP contribution in [-0.2, 0) is 0 Å². The highest BCUT2D eigenvalue weighted by molar-refractivity contribution is 7.15. The van der Waals surface area contributed by atoms with Gasteiger partial charge in [0, 0.05) is 21.4 Å². The van der Waals surface area contributed by atoms with Crippen LogP contribution in [-0.4, -0.2) is 12.2 Å². The molecule has 0 fully saturated rings. The van der Waals surface area contributed by atoms with E-state index in [9.17, 15) is 15.6 Å². The van der Waals surface area contributed by atoms with Crippen molar-refractivity contribution < 1.29 is 9.84 Å². The van der Waals surface area contributed by atoms with Crippen molar-refractivity contribution in [3.8, 4) is 34.1 Å². The molecule has 1 aromatic heterocycles. The third-order valence-electron chi connectivity index (χ3n) is 2.70. The van der Waals surface area contributed by atoms with E-state index in [4.69, 9.17) is 4.74 Å². The number of phenols is 1. The molecule has 0 saturated heterocycles. The van der Waals surface area contributed by atoms with E-state index in [0.29, 0.717) is 11.1 Å². The van der Waals surface area contributed by atoms with Crippen LogP contribution in [0.15, 0.2) is 18.2 Å². The molecule has 1 heterocycles. The SMILES string of the molecule is COc1cc(C#N)c(-c2ccc(C)s2)c(C#N)c1O. The average molecular weight is 270 g/mol. The summed E-state index contributed by atoms with van der Waals surface area (Å²) in [6, 6.07) is 9.18. The summed E-state index contributed by atoms with van der Waals surface area (Å²) in [5.74, 6) is -0.102. The van der Waals surface area contributed by atoms with Crippen molar-refractivity contribution >= 4 is 11.3 Å². The Labute approximate surface area is 114 Å². The second kappa shape index (κ2) is 5.01. The minimum Gasteiger partial charge on any atom is -0.503 e. The average Bonchev–Trinajstić information content (AvgIpc) is 2.84. The molecule has 94 valence electrons. The van der Waals surface area contributed by atoms with E-state index in [2.05, 4.69) is 0 Å². The molecule has 2 aromatic rings. The van der Waals surface area contributed by atoms with Crippen molar-refractivity contribution in [1.29, 1.82) is 10.5 Å². The van der Waals surface area contributed by atoms with Crippen molar-refractivity contribution in [3.05, 3.63) is 34.2 Å². The summed E-state index contributed by atoms with van der Waals surface area (Å²) in [7, 11) is 1.38. The van der Waals surface area contributed by atoms with Crippen molar-refractivity contribution in [1.82, 2.24) is 0 Å². The van der Waals surface area contributed by atoms with Gasteiger partial charge < -0.3 is 9.84 Å². The minimum atomic E-state index is -0.231. The summed E-state index contributed by atoms with van der Waals surface area (Å²) in [4.78, 5) is 1.85. The van der Waals surface area contributed by atoms with Crippen LogP contribution in [0.25, 0.3) is 10.4 Å². The fourth-order valence-corrected chi connectivity index (χ4v) is 2.76. The molecule has 0 aliphatic carbocycles. The van der Waals surface area contributed by atoms with Crippen molar-refractivity contribution in [2.24, 2.45) is 0 Å². The van der Waals surface area contributed by atoms with Gasteiger partial charge in [-0.3, -0.25) is 0 Å². The molecule has 0 aliphatic heterocycles. The number of benzene rings is 1. The van der Waals surface area contributed by atoms with Crippen LogP contribution >= 0.6 is 11.3 Å². The number of nitriles is 2. The molecule has 0 radical (unpaired) electrons. The summed E-state index contributed by atoms with van der Waals surface area (Å²) < 4.78 is 4.98. The third-order valence-corrected chi connectivity index (χ3v) is 3.72. The lowest BCUT2D eigenvalue weighted by atomic mass is 9.99. The standard InChI is InChI=1S/C14H10N2O2S/c1-8-3-4-12(19-8)13-9(6-15)5-11(18-2)14(17)10(13)7-16/h3-5,17H,1-2H3. The van der Waals surface area contributed by atoms with E-state index in [0.717, 1.165) is 9.75 Å². The molecule has 0 amide bonds. The van der Waals surface area contributed by atoms with Crippen molar-refractivity contribution in [2.45, 2.75) is 6.92 Å². The maximum absolute atomic E-state index is 10.0. The Hall–Kier alpha value is -2.50. The molecule has 0 aliphatic rings. The Morgan fingerprint density at radius 2 is 2.00 bits per heavy atom. The quantitative estimate of drug-likeness (QED) is 0.909. The number of thiophene rings is 1. The Morgan fingerprint density at radius 1 is 1.26 bits per heavy atom. The van der Waals surface area contributed by atoms with Crippen LogP contribution in [0.4, 0.5) is 0 Å². The summed E-state index contributed by atoms with van der Waals surface area (Å²) in [5.41, 5.74) is 0.840. The molecular formula is C14H10N2O2S. The first-order chi connectivity index (χ1) is 9.12. The molecule has 0 unspecified atom stereocenters. The van der Waals surface area contributed by atoms with Crippen LogP contribution in [0.2, 0.25) is 0 Å². The van der Waals surface area contributed by atoms with Gasteiger partial charge in [0.1, 0.15) is 11.6 Å². The summed E-state index contributed by atoms with van der Waals surface area (Å²) in [5, 5.41) is 28.5. The third kappa shape index (κ3) is 2.12. The van der Waals surface area contributed by atoms with Gasteiger partial charge in [-0.15, -0.1) is 11.3 Å². The van der Waals surface area contributed by atoms with Gasteiger partial charge in [-0.25, -0.2) is 0 Å². The largest absolute Gasteiger partial charge is 0.503 e. The van der Waals surface area contributed by atoms with Crippen LogP contribution < -0.4 is 4.74 Å². The number of hydrogen-bond donors (Lipinski definition) is 1. The molecule has 1 aromatic carbocycles. The number of aryl methyl sites for hydroxylation is 1.